The highest BCUT2D eigenvalue weighted by Crippen LogP contribution is 2.30. The van der Waals surface area contributed by atoms with Gasteiger partial charge in [0.25, 0.3) is 0 Å². The molecular formula is C16H22N2O3. The number of methoxy groups -OCH3 is 1. The molecule has 0 radical (unpaired) electrons. The summed E-state index contributed by atoms with van der Waals surface area (Å²) in [5, 5.41) is 14.2. The Morgan fingerprint density at radius 2 is 2.10 bits per heavy atom. The van der Waals surface area contributed by atoms with Crippen LogP contribution < -0.4 is 9.47 Å². The second-order valence-corrected chi connectivity index (χ2v) is 4.97. The molecule has 1 heterocycles. The predicted molar refractivity (Wildman–Crippen MR) is 80.5 cm³/mol. The van der Waals surface area contributed by atoms with Gasteiger partial charge < -0.3 is 14.6 Å². The smallest absolute Gasteiger partial charge is 0.130 e. The van der Waals surface area contributed by atoms with E-state index >= 15 is 0 Å². The van der Waals surface area contributed by atoms with Gasteiger partial charge in [-0.3, -0.25) is 4.68 Å². The molecule has 0 saturated heterocycles. The number of aliphatic hydroxyl groups excluding tert-OH is 1. The minimum atomic E-state index is -0.594. The van der Waals surface area contributed by atoms with Crippen molar-refractivity contribution >= 4 is 0 Å². The summed E-state index contributed by atoms with van der Waals surface area (Å²) in [6.45, 7) is 4.19. The van der Waals surface area contributed by atoms with Gasteiger partial charge in [0, 0.05) is 18.7 Å². The maximum Gasteiger partial charge on any atom is 0.130 e. The number of hydrogen-bond acceptors (Lipinski definition) is 4. The molecule has 1 atom stereocenters. The van der Waals surface area contributed by atoms with Crippen LogP contribution in [0.2, 0.25) is 0 Å². The third-order valence-corrected chi connectivity index (χ3v) is 3.44. The Kier molecular flexibility index (Phi) is 4.85. The van der Waals surface area contributed by atoms with Gasteiger partial charge in [-0.2, -0.15) is 5.10 Å². The minimum absolute atomic E-state index is 0.399. The van der Waals surface area contributed by atoms with E-state index in [-0.39, 0.29) is 0 Å². The fourth-order valence-electron chi connectivity index (χ4n) is 2.14. The minimum Gasteiger partial charge on any atom is -0.497 e. The molecule has 0 aliphatic rings. The van der Waals surface area contributed by atoms with E-state index in [2.05, 4.69) is 12.0 Å². The fraction of sp³-hybridized carbons (Fsp3) is 0.438. The average Bonchev–Trinajstić information content (AvgIpc) is 2.85. The lowest BCUT2D eigenvalue weighted by atomic mass is 10.1. The van der Waals surface area contributed by atoms with Gasteiger partial charge in [-0.05, 0) is 31.5 Å². The number of benzene rings is 1. The number of nitrogens with zero attached hydrogens (tertiary/aromatic N) is 2. The zero-order chi connectivity index (χ0) is 15.4. The molecule has 0 aliphatic heterocycles. The summed E-state index contributed by atoms with van der Waals surface area (Å²) in [5.41, 5.74) is 2.78. The lowest BCUT2D eigenvalue weighted by Gasteiger charge is -2.14. The van der Waals surface area contributed by atoms with E-state index in [1.807, 2.05) is 29.9 Å². The van der Waals surface area contributed by atoms with Crippen LogP contribution in [0.15, 0.2) is 24.3 Å². The summed E-state index contributed by atoms with van der Waals surface area (Å²) >= 11 is 0. The molecule has 1 N–H and O–H groups in total. The first-order valence-corrected chi connectivity index (χ1v) is 7.05. The zero-order valence-electron chi connectivity index (χ0n) is 13.0. The van der Waals surface area contributed by atoms with Crippen molar-refractivity contribution in [2.45, 2.75) is 33.0 Å². The highest BCUT2D eigenvalue weighted by Gasteiger charge is 2.12. The molecule has 2 rings (SSSR count). The van der Waals surface area contributed by atoms with Crippen LogP contribution in [-0.4, -0.2) is 22.0 Å². The lowest BCUT2D eigenvalue weighted by molar-refractivity contribution is 0.189. The van der Waals surface area contributed by atoms with E-state index in [1.165, 1.54) is 0 Å². The Labute approximate surface area is 125 Å². The molecule has 0 unspecified atom stereocenters. The first-order valence-electron chi connectivity index (χ1n) is 7.05. The van der Waals surface area contributed by atoms with Gasteiger partial charge in [0.2, 0.25) is 0 Å². The van der Waals surface area contributed by atoms with Crippen LogP contribution in [0.5, 0.6) is 11.5 Å². The fourth-order valence-corrected chi connectivity index (χ4v) is 2.14. The third kappa shape index (κ3) is 3.55. The normalized spacial score (nSPS) is 12.2. The molecule has 5 nitrogen and oxygen atoms in total. The number of aromatic nitrogens is 2. The average molecular weight is 290 g/mol. The highest BCUT2D eigenvalue weighted by molar-refractivity contribution is 5.41. The molecule has 0 saturated carbocycles. The third-order valence-electron chi connectivity index (χ3n) is 3.44. The van der Waals surface area contributed by atoms with E-state index in [4.69, 9.17) is 9.47 Å². The number of aliphatic hydroxyl groups is 1. The summed E-state index contributed by atoms with van der Waals surface area (Å²) in [7, 11) is 3.51. The largest absolute Gasteiger partial charge is 0.497 e. The van der Waals surface area contributed by atoms with Crippen molar-refractivity contribution in [3.63, 3.8) is 0 Å². The van der Waals surface area contributed by atoms with Gasteiger partial charge in [0.1, 0.15) is 18.1 Å². The highest BCUT2D eigenvalue weighted by atomic mass is 16.5. The van der Waals surface area contributed by atoms with Gasteiger partial charge in [-0.1, -0.05) is 6.92 Å². The van der Waals surface area contributed by atoms with Gasteiger partial charge in [0.05, 0.1) is 24.6 Å². The Hall–Kier alpha value is -2.01. The molecular weight excluding hydrogens is 268 g/mol. The number of hydrogen-bond donors (Lipinski definition) is 1. The Morgan fingerprint density at radius 3 is 2.67 bits per heavy atom. The lowest BCUT2D eigenvalue weighted by Crippen LogP contribution is -2.05. The summed E-state index contributed by atoms with van der Waals surface area (Å²) in [6, 6.07) is 7.45. The summed E-state index contributed by atoms with van der Waals surface area (Å²) < 4.78 is 12.9. The van der Waals surface area contributed by atoms with Crippen LogP contribution in [0, 0.1) is 0 Å². The molecule has 1 aromatic heterocycles. The van der Waals surface area contributed by atoms with Crippen molar-refractivity contribution in [1.29, 1.82) is 0 Å². The van der Waals surface area contributed by atoms with E-state index in [9.17, 15) is 5.11 Å². The quantitative estimate of drug-likeness (QED) is 0.888. The molecule has 5 heteroatoms. The van der Waals surface area contributed by atoms with Gasteiger partial charge in [0.15, 0.2) is 0 Å². The van der Waals surface area contributed by atoms with Crippen LogP contribution in [0.25, 0.3) is 0 Å². The van der Waals surface area contributed by atoms with Crippen molar-refractivity contribution in [3.05, 3.63) is 41.2 Å². The Balaban J connectivity index is 2.19. The molecule has 0 spiro atoms. The van der Waals surface area contributed by atoms with Gasteiger partial charge in [-0.25, -0.2) is 0 Å². The van der Waals surface area contributed by atoms with Gasteiger partial charge >= 0.3 is 0 Å². The van der Waals surface area contributed by atoms with E-state index < -0.39 is 6.10 Å². The molecule has 21 heavy (non-hydrogen) atoms. The van der Waals surface area contributed by atoms with Crippen LogP contribution in [0.1, 0.15) is 36.9 Å². The summed E-state index contributed by atoms with van der Waals surface area (Å²) in [6.07, 6.45) is 0.301. The molecule has 0 amide bonds. The topological polar surface area (TPSA) is 56.5 Å². The Morgan fingerprint density at radius 1 is 1.33 bits per heavy atom. The molecule has 1 aromatic carbocycles. The number of ether oxygens (including phenoxy) is 2. The second kappa shape index (κ2) is 6.63. The molecule has 0 fully saturated rings. The van der Waals surface area contributed by atoms with Crippen molar-refractivity contribution in [3.8, 4) is 11.5 Å². The first kappa shape index (κ1) is 15.4. The van der Waals surface area contributed by atoms with Gasteiger partial charge in [-0.15, -0.1) is 0 Å². The standard InChI is InChI=1S/C16H22N2O3/c1-5-12-8-13(18(3)17-12)10-21-16-9-14(20-4)6-7-15(16)11(2)19/h6-9,11,19H,5,10H2,1-4H3/t11-/m1/s1. The van der Waals surface area contributed by atoms with E-state index in [1.54, 1.807) is 20.1 Å². The summed E-state index contributed by atoms with van der Waals surface area (Å²) in [5.74, 6) is 1.33. The molecule has 0 aliphatic carbocycles. The maximum atomic E-state index is 9.82. The monoisotopic (exact) mass is 290 g/mol. The number of aryl methyl sites for hydroxylation is 2. The van der Waals surface area contributed by atoms with Crippen LogP contribution in [-0.2, 0) is 20.1 Å². The van der Waals surface area contributed by atoms with Crippen LogP contribution in [0.3, 0.4) is 0 Å². The van der Waals surface area contributed by atoms with Crippen molar-refractivity contribution in [1.82, 2.24) is 9.78 Å². The van der Waals surface area contributed by atoms with Crippen molar-refractivity contribution in [2.24, 2.45) is 7.05 Å². The number of rotatable bonds is 6. The van der Waals surface area contributed by atoms with E-state index in [0.29, 0.717) is 18.1 Å². The van der Waals surface area contributed by atoms with E-state index in [0.717, 1.165) is 23.4 Å². The SMILES string of the molecule is CCc1cc(COc2cc(OC)ccc2[C@@H](C)O)n(C)n1. The molecule has 0 bridgehead atoms. The molecule has 114 valence electrons. The second-order valence-electron chi connectivity index (χ2n) is 4.97. The van der Waals surface area contributed by atoms with Crippen molar-refractivity contribution in [2.75, 3.05) is 7.11 Å². The molecule has 2 aromatic rings. The summed E-state index contributed by atoms with van der Waals surface area (Å²) in [4.78, 5) is 0. The zero-order valence-corrected chi connectivity index (χ0v) is 13.0. The first-order chi connectivity index (χ1) is 10.0. The Bertz CT molecular complexity index is 606. The predicted octanol–water partition coefficient (Wildman–Crippen LogP) is 2.62. The van der Waals surface area contributed by atoms with Crippen LogP contribution in [0.4, 0.5) is 0 Å². The van der Waals surface area contributed by atoms with Crippen molar-refractivity contribution < 1.29 is 14.6 Å². The van der Waals surface area contributed by atoms with Crippen LogP contribution >= 0.6 is 0 Å². The maximum absolute atomic E-state index is 9.82.